The van der Waals surface area contributed by atoms with Crippen molar-refractivity contribution in [2.24, 2.45) is 5.73 Å². The number of carbonyl (C=O) groups excluding carboxylic acids is 1. The molecule has 11 heteroatoms. The lowest BCUT2D eigenvalue weighted by atomic mass is 10.0. The molecular weight excluding hydrogens is 508 g/mol. The van der Waals surface area contributed by atoms with Crippen molar-refractivity contribution >= 4 is 5.91 Å². The summed E-state index contributed by atoms with van der Waals surface area (Å²) >= 11 is 0. The third kappa shape index (κ3) is 6.75. The smallest absolute Gasteiger partial charge is 0.348 e. The van der Waals surface area contributed by atoms with E-state index in [0.29, 0.717) is 0 Å². The Labute approximate surface area is 222 Å². The number of halogens is 2. The zero-order valence-electron chi connectivity index (χ0n) is 21.2. The topological polar surface area (TPSA) is 137 Å². The standard InChI is InChI=1S/C28H29F2N5O4/c1-2-17-4-3-5-18(10-17)15-34(16-25(36)24(31)13-19-11-21(29)14-22(30)12-19)26(37)20-6-8-23(9-7-20)35-27(38)32-33-28(35)39/h3-12,14,24-25,36H,2,13,15-16,31H2,1H3,(H,32,38)(H,33,39)/t24-,25+/m0/s1. The molecule has 39 heavy (non-hydrogen) atoms. The summed E-state index contributed by atoms with van der Waals surface area (Å²) in [5.74, 6) is -1.90. The van der Waals surface area contributed by atoms with Crippen LogP contribution in [0.4, 0.5) is 8.78 Å². The van der Waals surface area contributed by atoms with Crippen LogP contribution in [0.15, 0.2) is 76.3 Å². The van der Waals surface area contributed by atoms with Crippen molar-refractivity contribution in [1.82, 2.24) is 19.7 Å². The fraction of sp³-hybridized carbons (Fsp3) is 0.250. The van der Waals surface area contributed by atoms with Crippen LogP contribution in [-0.2, 0) is 19.4 Å². The zero-order valence-corrected chi connectivity index (χ0v) is 21.2. The third-order valence-electron chi connectivity index (χ3n) is 6.41. The number of carbonyl (C=O) groups is 1. The van der Waals surface area contributed by atoms with E-state index in [1.807, 2.05) is 31.2 Å². The lowest BCUT2D eigenvalue weighted by Gasteiger charge is -2.28. The molecule has 0 radical (unpaired) electrons. The Morgan fingerprint density at radius 3 is 2.18 bits per heavy atom. The molecule has 0 spiro atoms. The van der Waals surface area contributed by atoms with Gasteiger partial charge in [0.1, 0.15) is 11.6 Å². The maximum atomic E-state index is 13.6. The summed E-state index contributed by atoms with van der Waals surface area (Å²) < 4.78 is 28.1. The minimum Gasteiger partial charge on any atom is -0.390 e. The van der Waals surface area contributed by atoms with Crippen molar-refractivity contribution in [3.8, 4) is 5.69 Å². The average Bonchev–Trinajstić information content (AvgIpc) is 3.24. The second-order valence-electron chi connectivity index (χ2n) is 9.31. The molecule has 204 valence electrons. The molecule has 0 bridgehead atoms. The predicted octanol–water partition coefficient (Wildman–Crippen LogP) is 2.27. The maximum Gasteiger partial charge on any atom is 0.348 e. The van der Waals surface area contributed by atoms with E-state index in [0.717, 1.165) is 40.3 Å². The Balaban J connectivity index is 1.57. The molecule has 0 aliphatic carbocycles. The van der Waals surface area contributed by atoms with Crippen LogP contribution in [0.5, 0.6) is 0 Å². The number of aliphatic hydroxyl groups is 1. The number of nitrogens with one attached hydrogen (secondary N) is 2. The Morgan fingerprint density at radius 1 is 0.949 bits per heavy atom. The highest BCUT2D eigenvalue weighted by molar-refractivity contribution is 5.94. The van der Waals surface area contributed by atoms with Gasteiger partial charge >= 0.3 is 11.4 Å². The second-order valence-corrected chi connectivity index (χ2v) is 9.31. The molecule has 1 amide bonds. The number of hydrogen-bond donors (Lipinski definition) is 4. The normalized spacial score (nSPS) is 12.7. The van der Waals surface area contributed by atoms with Crippen LogP contribution in [0.3, 0.4) is 0 Å². The SMILES string of the molecule is CCc1cccc(CN(C[C@@H](O)[C@@H](N)Cc2cc(F)cc(F)c2)C(=O)c2ccc(-n3c(=O)[nH][nH]c3=O)cc2)c1. The number of aryl methyl sites for hydroxylation is 1. The summed E-state index contributed by atoms with van der Waals surface area (Å²) in [6.45, 7) is 2.04. The lowest BCUT2D eigenvalue weighted by Crippen LogP contribution is -2.46. The van der Waals surface area contributed by atoms with Crippen molar-refractivity contribution < 1.29 is 18.7 Å². The minimum atomic E-state index is -1.20. The van der Waals surface area contributed by atoms with Crippen molar-refractivity contribution in [2.45, 2.75) is 38.5 Å². The van der Waals surface area contributed by atoms with Gasteiger partial charge in [-0.25, -0.2) is 33.1 Å². The largest absolute Gasteiger partial charge is 0.390 e. The van der Waals surface area contributed by atoms with Crippen LogP contribution in [-0.4, -0.2) is 49.4 Å². The number of amides is 1. The summed E-state index contributed by atoms with van der Waals surface area (Å²) in [5, 5.41) is 15.3. The molecule has 0 unspecified atom stereocenters. The number of hydrogen-bond acceptors (Lipinski definition) is 5. The molecule has 1 aromatic heterocycles. The number of aromatic nitrogens is 3. The molecule has 2 atom stereocenters. The van der Waals surface area contributed by atoms with E-state index < -0.39 is 41.1 Å². The van der Waals surface area contributed by atoms with Gasteiger partial charge < -0.3 is 15.7 Å². The van der Waals surface area contributed by atoms with Gasteiger partial charge in [0, 0.05) is 30.8 Å². The summed E-state index contributed by atoms with van der Waals surface area (Å²) in [4.78, 5) is 38.8. The van der Waals surface area contributed by atoms with E-state index in [9.17, 15) is 28.3 Å². The summed E-state index contributed by atoms with van der Waals surface area (Å²) in [6.07, 6.45) is -0.401. The van der Waals surface area contributed by atoms with Gasteiger partial charge in [0.2, 0.25) is 0 Å². The number of benzene rings is 3. The first-order valence-corrected chi connectivity index (χ1v) is 12.4. The highest BCUT2D eigenvalue weighted by Gasteiger charge is 2.24. The Bertz CT molecular complexity index is 1510. The van der Waals surface area contributed by atoms with Crippen LogP contribution in [0.25, 0.3) is 5.69 Å². The van der Waals surface area contributed by atoms with E-state index in [2.05, 4.69) is 10.2 Å². The van der Waals surface area contributed by atoms with E-state index in [1.165, 1.54) is 29.2 Å². The average molecular weight is 538 g/mol. The van der Waals surface area contributed by atoms with Gasteiger partial charge in [-0.3, -0.25) is 4.79 Å². The Morgan fingerprint density at radius 2 is 1.56 bits per heavy atom. The molecule has 4 rings (SSSR count). The first kappa shape index (κ1) is 27.7. The van der Waals surface area contributed by atoms with Gasteiger partial charge in [0.15, 0.2) is 0 Å². The number of nitrogens with two attached hydrogens (primary N) is 1. The van der Waals surface area contributed by atoms with Crippen molar-refractivity contribution in [3.05, 3.63) is 122 Å². The van der Waals surface area contributed by atoms with Crippen LogP contribution >= 0.6 is 0 Å². The lowest BCUT2D eigenvalue weighted by molar-refractivity contribution is 0.0554. The van der Waals surface area contributed by atoms with Gasteiger partial charge in [0.05, 0.1) is 11.8 Å². The molecule has 0 aliphatic heterocycles. The number of nitrogens with zero attached hydrogens (tertiary/aromatic N) is 2. The quantitative estimate of drug-likeness (QED) is 0.246. The molecular formula is C28H29F2N5O4. The fourth-order valence-corrected chi connectivity index (χ4v) is 4.37. The second kappa shape index (κ2) is 12.0. The fourth-order valence-electron chi connectivity index (χ4n) is 4.37. The molecule has 0 saturated heterocycles. The third-order valence-corrected chi connectivity index (χ3v) is 6.41. The van der Waals surface area contributed by atoms with E-state index in [-0.39, 0.29) is 36.3 Å². The molecule has 0 aliphatic rings. The molecule has 4 aromatic rings. The summed E-state index contributed by atoms with van der Waals surface area (Å²) in [6, 6.07) is 15.7. The van der Waals surface area contributed by atoms with Crippen LogP contribution in [0.2, 0.25) is 0 Å². The minimum absolute atomic E-state index is 0.00213. The predicted molar refractivity (Wildman–Crippen MR) is 142 cm³/mol. The monoisotopic (exact) mass is 537 g/mol. The highest BCUT2D eigenvalue weighted by atomic mass is 19.1. The Kier molecular flexibility index (Phi) is 8.52. The van der Waals surface area contributed by atoms with Gasteiger partial charge in [-0.05, 0) is 65.9 Å². The molecule has 9 nitrogen and oxygen atoms in total. The first-order chi connectivity index (χ1) is 18.6. The van der Waals surface area contributed by atoms with Crippen molar-refractivity contribution in [2.75, 3.05) is 6.54 Å². The molecule has 0 fully saturated rings. The van der Waals surface area contributed by atoms with Gasteiger partial charge in [0.25, 0.3) is 5.91 Å². The summed E-state index contributed by atoms with van der Waals surface area (Å²) in [7, 11) is 0. The maximum absolute atomic E-state index is 13.6. The van der Waals surface area contributed by atoms with Crippen molar-refractivity contribution in [3.63, 3.8) is 0 Å². The summed E-state index contributed by atoms with van der Waals surface area (Å²) in [5.41, 5.74) is 7.63. The van der Waals surface area contributed by atoms with Gasteiger partial charge in [-0.1, -0.05) is 31.2 Å². The number of H-pyrrole nitrogens is 2. The van der Waals surface area contributed by atoms with E-state index in [4.69, 9.17) is 5.73 Å². The number of aliphatic hydroxyl groups excluding tert-OH is 1. The molecule has 5 N–H and O–H groups in total. The van der Waals surface area contributed by atoms with Crippen LogP contribution in [0.1, 0.15) is 34.0 Å². The van der Waals surface area contributed by atoms with Crippen LogP contribution in [0, 0.1) is 11.6 Å². The van der Waals surface area contributed by atoms with Gasteiger partial charge in [-0.2, -0.15) is 0 Å². The Hall–Kier alpha value is -4.35. The molecule has 3 aromatic carbocycles. The molecule has 0 saturated carbocycles. The molecule has 1 heterocycles. The zero-order chi connectivity index (χ0) is 28.1. The highest BCUT2D eigenvalue weighted by Crippen LogP contribution is 2.17. The van der Waals surface area contributed by atoms with E-state index in [1.54, 1.807) is 0 Å². The van der Waals surface area contributed by atoms with E-state index >= 15 is 0 Å². The van der Waals surface area contributed by atoms with Crippen molar-refractivity contribution in [1.29, 1.82) is 0 Å². The van der Waals surface area contributed by atoms with Gasteiger partial charge in [-0.15, -0.1) is 0 Å². The number of rotatable bonds is 10. The first-order valence-electron chi connectivity index (χ1n) is 12.4. The van der Waals surface area contributed by atoms with Crippen LogP contribution < -0.4 is 17.1 Å². The number of aromatic amines is 2.